The van der Waals surface area contributed by atoms with Crippen molar-refractivity contribution in [1.82, 2.24) is 0 Å². The van der Waals surface area contributed by atoms with Crippen LogP contribution in [0, 0.1) is 0 Å². The predicted octanol–water partition coefficient (Wildman–Crippen LogP) is 3.18. The number of rotatable bonds is 5. The van der Waals surface area contributed by atoms with Crippen LogP contribution in [0.1, 0.15) is 6.92 Å². The van der Waals surface area contributed by atoms with E-state index in [1.165, 1.54) is 0 Å². The molecule has 1 aromatic carbocycles. The van der Waals surface area contributed by atoms with Gasteiger partial charge < -0.3 is 4.74 Å². The van der Waals surface area contributed by atoms with Crippen LogP contribution in [0.15, 0.2) is 50.7 Å². The van der Waals surface area contributed by atoms with E-state index in [1.54, 1.807) is 31.2 Å². The fourth-order valence-corrected chi connectivity index (χ4v) is 1.30. The standard InChI is InChI=1S/C12H11BrN2O3/c1-2-18-12(17)11(7-8-16)15-14-10-5-3-9(13)4-6-10/h3-8H,2H2,1H3/b11-7+,15-14-. The summed E-state index contributed by atoms with van der Waals surface area (Å²) in [6.45, 7) is 1.88. The van der Waals surface area contributed by atoms with Crippen molar-refractivity contribution in [2.75, 3.05) is 6.61 Å². The van der Waals surface area contributed by atoms with E-state index in [1.807, 2.05) is 0 Å². The van der Waals surface area contributed by atoms with Crippen LogP contribution in [0.4, 0.5) is 5.69 Å². The molecule has 0 atom stereocenters. The van der Waals surface area contributed by atoms with Crippen LogP contribution in [0.3, 0.4) is 0 Å². The Labute approximate surface area is 113 Å². The molecular weight excluding hydrogens is 300 g/mol. The molecule has 0 aliphatic carbocycles. The average Bonchev–Trinajstić information content (AvgIpc) is 2.36. The number of benzene rings is 1. The van der Waals surface area contributed by atoms with Crippen molar-refractivity contribution in [3.63, 3.8) is 0 Å². The van der Waals surface area contributed by atoms with Gasteiger partial charge in [-0.05, 0) is 31.2 Å². The minimum Gasteiger partial charge on any atom is -0.461 e. The maximum atomic E-state index is 11.4. The van der Waals surface area contributed by atoms with E-state index in [4.69, 9.17) is 4.74 Å². The summed E-state index contributed by atoms with van der Waals surface area (Å²) in [5.74, 6) is -0.675. The van der Waals surface area contributed by atoms with Gasteiger partial charge in [0.15, 0.2) is 5.70 Å². The molecule has 0 amide bonds. The van der Waals surface area contributed by atoms with Gasteiger partial charge in [0.1, 0.15) is 6.29 Å². The molecule has 0 aromatic heterocycles. The number of carbonyl (C=O) groups is 2. The third kappa shape index (κ3) is 4.58. The summed E-state index contributed by atoms with van der Waals surface area (Å²) >= 11 is 3.29. The first kappa shape index (κ1) is 14.2. The minimum absolute atomic E-state index is 0.130. The molecule has 18 heavy (non-hydrogen) atoms. The van der Waals surface area contributed by atoms with E-state index in [0.29, 0.717) is 12.0 Å². The van der Waals surface area contributed by atoms with E-state index in [0.717, 1.165) is 10.5 Å². The smallest absolute Gasteiger partial charge is 0.358 e. The number of esters is 1. The molecule has 0 N–H and O–H groups in total. The molecule has 0 saturated carbocycles. The van der Waals surface area contributed by atoms with Gasteiger partial charge in [0.05, 0.1) is 12.3 Å². The average molecular weight is 311 g/mol. The Bertz CT molecular complexity index is 481. The van der Waals surface area contributed by atoms with Gasteiger partial charge in [-0.1, -0.05) is 15.9 Å². The molecule has 0 aliphatic heterocycles. The van der Waals surface area contributed by atoms with Crippen molar-refractivity contribution in [3.05, 3.63) is 40.5 Å². The molecule has 1 rings (SSSR count). The van der Waals surface area contributed by atoms with Gasteiger partial charge in [-0.2, -0.15) is 5.11 Å². The third-order valence-electron chi connectivity index (χ3n) is 1.81. The maximum Gasteiger partial charge on any atom is 0.358 e. The van der Waals surface area contributed by atoms with Crippen molar-refractivity contribution in [1.29, 1.82) is 0 Å². The van der Waals surface area contributed by atoms with Gasteiger partial charge in [0, 0.05) is 10.5 Å². The molecule has 6 heteroatoms. The number of hydrogen-bond donors (Lipinski definition) is 0. The first-order valence-corrected chi connectivity index (χ1v) is 5.96. The van der Waals surface area contributed by atoms with Gasteiger partial charge in [-0.15, -0.1) is 5.11 Å². The first-order chi connectivity index (χ1) is 8.67. The van der Waals surface area contributed by atoms with Crippen molar-refractivity contribution >= 4 is 33.9 Å². The maximum absolute atomic E-state index is 11.4. The van der Waals surface area contributed by atoms with E-state index in [9.17, 15) is 9.59 Å². The van der Waals surface area contributed by atoms with E-state index >= 15 is 0 Å². The lowest BCUT2D eigenvalue weighted by Gasteiger charge is -1.99. The zero-order chi connectivity index (χ0) is 13.4. The number of ether oxygens (including phenoxy) is 1. The number of nitrogens with zero attached hydrogens (tertiary/aromatic N) is 2. The summed E-state index contributed by atoms with van der Waals surface area (Å²) in [6, 6.07) is 7.03. The zero-order valence-electron chi connectivity index (χ0n) is 9.67. The second kappa shape index (κ2) is 7.50. The molecule has 0 radical (unpaired) electrons. The first-order valence-electron chi connectivity index (χ1n) is 5.17. The Morgan fingerprint density at radius 2 is 2.06 bits per heavy atom. The second-order valence-electron chi connectivity index (χ2n) is 3.08. The van der Waals surface area contributed by atoms with E-state index in [-0.39, 0.29) is 12.3 Å². The molecule has 94 valence electrons. The van der Waals surface area contributed by atoms with Gasteiger partial charge >= 0.3 is 5.97 Å². The molecule has 0 unspecified atom stereocenters. The highest BCUT2D eigenvalue weighted by Crippen LogP contribution is 2.18. The summed E-state index contributed by atoms with van der Waals surface area (Å²) in [5, 5.41) is 7.54. The Hall–Kier alpha value is -1.82. The number of aldehydes is 1. The molecule has 0 bridgehead atoms. The highest BCUT2D eigenvalue weighted by atomic mass is 79.9. The Kier molecular flexibility index (Phi) is 5.93. The largest absolute Gasteiger partial charge is 0.461 e. The van der Waals surface area contributed by atoms with Gasteiger partial charge in [-0.3, -0.25) is 4.79 Å². The highest BCUT2D eigenvalue weighted by molar-refractivity contribution is 9.10. The van der Waals surface area contributed by atoms with Gasteiger partial charge in [-0.25, -0.2) is 4.79 Å². The molecule has 0 saturated heterocycles. The van der Waals surface area contributed by atoms with Crippen molar-refractivity contribution in [3.8, 4) is 0 Å². The Balaban J connectivity index is 2.84. The quantitative estimate of drug-likeness (QED) is 0.363. The summed E-state index contributed by atoms with van der Waals surface area (Å²) in [7, 11) is 0. The number of carbonyl (C=O) groups excluding carboxylic acids is 2. The molecule has 0 aliphatic rings. The Morgan fingerprint density at radius 1 is 1.39 bits per heavy atom. The number of hydrogen-bond acceptors (Lipinski definition) is 5. The molecule has 1 aromatic rings. The van der Waals surface area contributed by atoms with Crippen LogP contribution in [0.5, 0.6) is 0 Å². The number of azo groups is 1. The second-order valence-corrected chi connectivity index (χ2v) is 4.00. The van der Waals surface area contributed by atoms with Crippen LogP contribution in [-0.4, -0.2) is 18.9 Å². The topological polar surface area (TPSA) is 68.1 Å². The highest BCUT2D eigenvalue weighted by Gasteiger charge is 2.09. The van der Waals surface area contributed by atoms with Crippen LogP contribution in [0.25, 0.3) is 0 Å². The Morgan fingerprint density at radius 3 is 2.61 bits per heavy atom. The lowest BCUT2D eigenvalue weighted by Crippen LogP contribution is -2.05. The fourth-order valence-electron chi connectivity index (χ4n) is 1.03. The van der Waals surface area contributed by atoms with Crippen LogP contribution < -0.4 is 0 Å². The SMILES string of the molecule is CCOC(=O)C(=C\C=O)/N=N\c1ccc(Br)cc1. The number of allylic oxidation sites excluding steroid dienone is 1. The van der Waals surface area contributed by atoms with Gasteiger partial charge in [0.2, 0.25) is 0 Å². The summed E-state index contributed by atoms with van der Waals surface area (Å²) in [4.78, 5) is 21.8. The van der Waals surface area contributed by atoms with Crippen LogP contribution in [-0.2, 0) is 14.3 Å². The summed E-state index contributed by atoms with van der Waals surface area (Å²) in [6.07, 6.45) is 1.48. The van der Waals surface area contributed by atoms with Crippen LogP contribution >= 0.6 is 15.9 Å². The number of halogens is 1. The summed E-state index contributed by atoms with van der Waals surface area (Å²) < 4.78 is 5.65. The van der Waals surface area contributed by atoms with E-state index < -0.39 is 5.97 Å². The zero-order valence-corrected chi connectivity index (χ0v) is 11.3. The molecule has 0 heterocycles. The molecular formula is C12H11BrN2O3. The van der Waals surface area contributed by atoms with Crippen molar-refractivity contribution in [2.24, 2.45) is 10.2 Å². The lowest BCUT2D eigenvalue weighted by molar-refractivity contribution is -0.138. The van der Waals surface area contributed by atoms with E-state index in [2.05, 4.69) is 26.2 Å². The molecule has 0 fully saturated rings. The molecule has 5 nitrogen and oxygen atoms in total. The minimum atomic E-state index is -0.675. The van der Waals surface area contributed by atoms with Crippen molar-refractivity contribution in [2.45, 2.75) is 6.92 Å². The third-order valence-corrected chi connectivity index (χ3v) is 2.34. The normalized spacial score (nSPS) is 11.6. The van der Waals surface area contributed by atoms with Gasteiger partial charge in [0.25, 0.3) is 0 Å². The van der Waals surface area contributed by atoms with Crippen molar-refractivity contribution < 1.29 is 14.3 Å². The molecule has 0 spiro atoms. The fraction of sp³-hybridized carbons (Fsp3) is 0.167. The van der Waals surface area contributed by atoms with Crippen LogP contribution in [0.2, 0.25) is 0 Å². The lowest BCUT2D eigenvalue weighted by atomic mass is 10.3. The monoisotopic (exact) mass is 310 g/mol. The predicted molar refractivity (Wildman–Crippen MR) is 69.4 cm³/mol. The summed E-state index contributed by atoms with van der Waals surface area (Å²) in [5.41, 5.74) is 0.439.